The quantitative estimate of drug-likeness (QED) is 0.792. The average molecular weight is 251 g/mol. The number of carbonyl (C=O) groups excluding carboxylic acids is 1. The first-order valence-corrected chi connectivity index (χ1v) is 7.53. The van der Waals surface area contributed by atoms with Gasteiger partial charge in [-0.15, -0.1) is 0 Å². The van der Waals surface area contributed by atoms with Crippen molar-refractivity contribution >= 4 is 5.91 Å². The third-order valence-corrected chi connectivity index (χ3v) is 6.24. The van der Waals surface area contributed by atoms with Crippen LogP contribution < -0.4 is 5.32 Å². The van der Waals surface area contributed by atoms with Crippen LogP contribution in [0.2, 0.25) is 0 Å². The largest absolute Gasteiger partial charge is 0.351 e. The molecule has 1 aliphatic carbocycles. The zero-order valence-electron chi connectivity index (χ0n) is 12.7. The van der Waals surface area contributed by atoms with Crippen LogP contribution >= 0.6 is 0 Å². The van der Waals surface area contributed by atoms with Crippen molar-refractivity contribution in [2.24, 2.45) is 16.7 Å². The molecule has 0 aromatic carbocycles. The molecule has 0 bridgehead atoms. The molecule has 1 saturated carbocycles. The first kappa shape index (κ1) is 13.9. The maximum absolute atomic E-state index is 11.8. The number of nitrogens with one attached hydrogen (secondary N) is 1. The van der Waals surface area contributed by atoms with Crippen molar-refractivity contribution < 1.29 is 4.79 Å². The summed E-state index contributed by atoms with van der Waals surface area (Å²) in [5.41, 5.74) is 0.678. The van der Waals surface area contributed by atoms with E-state index in [2.05, 4.69) is 39.9 Å². The predicted molar refractivity (Wildman–Crippen MR) is 75.3 cm³/mol. The Balaban J connectivity index is 2.09. The molecule has 0 unspecified atom stereocenters. The highest BCUT2D eigenvalue weighted by molar-refractivity contribution is 5.80. The van der Waals surface area contributed by atoms with Crippen molar-refractivity contribution in [3.05, 3.63) is 0 Å². The Morgan fingerprint density at radius 1 is 1.28 bits per heavy atom. The van der Waals surface area contributed by atoms with Crippen LogP contribution in [0, 0.1) is 16.7 Å². The van der Waals surface area contributed by atoms with Crippen molar-refractivity contribution in [3.63, 3.8) is 0 Å². The Morgan fingerprint density at radius 2 is 1.83 bits per heavy atom. The highest BCUT2D eigenvalue weighted by atomic mass is 16.2. The fourth-order valence-electron chi connectivity index (χ4n) is 4.10. The van der Waals surface area contributed by atoms with E-state index in [0.717, 1.165) is 12.3 Å². The van der Waals surface area contributed by atoms with Crippen molar-refractivity contribution in [2.75, 3.05) is 0 Å². The van der Waals surface area contributed by atoms with E-state index >= 15 is 0 Å². The fraction of sp³-hybridized carbons (Fsp3) is 0.938. The summed E-state index contributed by atoms with van der Waals surface area (Å²) < 4.78 is 0. The van der Waals surface area contributed by atoms with Crippen molar-refractivity contribution in [1.29, 1.82) is 0 Å². The van der Waals surface area contributed by atoms with E-state index in [1.807, 2.05) is 0 Å². The lowest BCUT2D eigenvalue weighted by Gasteiger charge is -2.48. The second kappa shape index (κ2) is 4.25. The Labute approximate surface area is 112 Å². The molecule has 2 rings (SSSR count). The van der Waals surface area contributed by atoms with E-state index in [1.54, 1.807) is 0 Å². The van der Waals surface area contributed by atoms with E-state index in [0.29, 0.717) is 5.41 Å². The van der Waals surface area contributed by atoms with Crippen LogP contribution in [0.3, 0.4) is 0 Å². The van der Waals surface area contributed by atoms with Gasteiger partial charge in [0.25, 0.3) is 0 Å². The minimum absolute atomic E-state index is 0.00852. The zero-order valence-corrected chi connectivity index (χ0v) is 12.7. The lowest BCUT2D eigenvalue weighted by Crippen LogP contribution is -2.49. The number of carbonyl (C=O) groups is 1. The third-order valence-electron chi connectivity index (χ3n) is 6.24. The van der Waals surface area contributed by atoms with Crippen LogP contribution in [0.4, 0.5) is 0 Å². The van der Waals surface area contributed by atoms with E-state index in [4.69, 9.17) is 0 Å². The van der Waals surface area contributed by atoms with E-state index in [1.165, 1.54) is 32.1 Å². The van der Waals surface area contributed by atoms with E-state index < -0.39 is 0 Å². The molecule has 0 aromatic rings. The van der Waals surface area contributed by atoms with Gasteiger partial charge >= 0.3 is 0 Å². The molecule has 1 saturated heterocycles. The topological polar surface area (TPSA) is 29.1 Å². The molecule has 2 fully saturated rings. The summed E-state index contributed by atoms with van der Waals surface area (Å²) >= 11 is 0. The number of rotatable bonds is 2. The number of hydrogen-bond acceptors (Lipinski definition) is 1. The van der Waals surface area contributed by atoms with Crippen molar-refractivity contribution in [2.45, 2.75) is 78.7 Å². The van der Waals surface area contributed by atoms with E-state index in [-0.39, 0.29) is 16.9 Å². The van der Waals surface area contributed by atoms with Gasteiger partial charge in [0.15, 0.2) is 0 Å². The normalized spacial score (nSPS) is 35.8. The predicted octanol–water partition coefficient (Wildman–Crippen LogP) is 3.90. The minimum Gasteiger partial charge on any atom is -0.351 e. The molecule has 1 spiro atoms. The summed E-state index contributed by atoms with van der Waals surface area (Å²) in [5.74, 6) is 1.09. The molecular weight excluding hydrogens is 222 g/mol. The Bertz CT molecular complexity index is 335. The second-order valence-electron chi connectivity index (χ2n) is 7.75. The van der Waals surface area contributed by atoms with Crippen LogP contribution in [0.1, 0.15) is 73.1 Å². The second-order valence-corrected chi connectivity index (χ2v) is 7.75. The highest BCUT2D eigenvalue weighted by Gasteiger charge is 2.54. The van der Waals surface area contributed by atoms with Crippen LogP contribution in [0.25, 0.3) is 0 Å². The molecule has 0 aromatic heterocycles. The van der Waals surface area contributed by atoms with Gasteiger partial charge in [-0.05, 0) is 50.9 Å². The molecule has 104 valence electrons. The first-order valence-electron chi connectivity index (χ1n) is 7.53. The molecule has 2 nitrogen and oxygen atoms in total. The molecule has 2 aliphatic rings. The molecule has 1 heterocycles. The van der Waals surface area contributed by atoms with Gasteiger partial charge in [-0.2, -0.15) is 0 Å². The average Bonchev–Trinajstić information content (AvgIpc) is 2.49. The summed E-state index contributed by atoms with van der Waals surface area (Å²) in [6.07, 6.45) is 7.02. The highest BCUT2D eigenvalue weighted by Crippen LogP contribution is 2.54. The maximum atomic E-state index is 11.8. The molecule has 0 radical (unpaired) electrons. The summed E-state index contributed by atoms with van der Waals surface area (Å²) in [4.78, 5) is 11.8. The molecular formula is C16H29NO. The third kappa shape index (κ3) is 2.08. The first-order chi connectivity index (χ1) is 8.22. The molecule has 18 heavy (non-hydrogen) atoms. The Hall–Kier alpha value is -0.530. The molecule has 2 heteroatoms. The van der Waals surface area contributed by atoms with Gasteiger partial charge in [0.2, 0.25) is 5.91 Å². The van der Waals surface area contributed by atoms with Crippen LogP contribution in [0.5, 0.6) is 0 Å². The summed E-state index contributed by atoms with van der Waals surface area (Å²) in [5, 5.41) is 3.18. The maximum Gasteiger partial charge on any atom is 0.221 e. The molecule has 1 amide bonds. The zero-order chi connectivity index (χ0) is 13.6. The van der Waals surface area contributed by atoms with Gasteiger partial charge in [0, 0.05) is 17.4 Å². The van der Waals surface area contributed by atoms with Gasteiger partial charge in [-0.25, -0.2) is 0 Å². The van der Waals surface area contributed by atoms with Crippen molar-refractivity contribution in [3.8, 4) is 0 Å². The van der Waals surface area contributed by atoms with E-state index in [9.17, 15) is 4.79 Å². The van der Waals surface area contributed by atoms with Crippen LogP contribution in [0.15, 0.2) is 0 Å². The monoisotopic (exact) mass is 251 g/mol. The summed E-state index contributed by atoms with van der Waals surface area (Å²) in [6, 6.07) is 0. The van der Waals surface area contributed by atoms with Crippen LogP contribution in [-0.2, 0) is 4.79 Å². The number of amides is 1. The number of hydrogen-bond donors (Lipinski definition) is 1. The van der Waals surface area contributed by atoms with Gasteiger partial charge in [-0.3, -0.25) is 4.79 Å². The van der Waals surface area contributed by atoms with Gasteiger partial charge in [0.05, 0.1) is 0 Å². The Kier molecular flexibility index (Phi) is 3.28. The standard InChI is InChI=1S/C16H29NO/c1-6-14(2,3)12-7-9-16(10-8-12)11-13(18)17-15(16,4)5/h12H,6-11H2,1-5H3,(H,17,18). The molecule has 1 N–H and O–H groups in total. The molecule has 1 aliphatic heterocycles. The van der Waals surface area contributed by atoms with Gasteiger partial charge in [-0.1, -0.05) is 27.2 Å². The van der Waals surface area contributed by atoms with Gasteiger partial charge < -0.3 is 5.32 Å². The van der Waals surface area contributed by atoms with Gasteiger partial charge in [0.1, 0.15) is 0 Å². The fourth-order valence-corrected chi connectivity index (χ4v) is 4.10. The van der Waals surface area contributed by atoms with Crippen LogP contribution in [-0.4, -0.2) is 11.4 Å². The minimum atomic E-state index is -0.00852. The summed E-state index contributed by atoms with van der Waals surface area (Å²) in [7, 11) is 0. The van der Waals surface area contributed by atoms with Crippen molar-refractivity contribution in [1.82, 2.24) is 5.32 Å². The summed E-state index contributed by atoms with van der Waals surface area (Å²) in [6.45, 7) is 11.5. The smallest absolute Gasteiger partial charge is 0.221 e. The Morgan fingerprint density at radius 3 is 2.22 bits per heavy atom. The lowest BCUT2D eigenvalue weighted by atomic mass is 9.57. The SMILES string of the molecule is CCC(C)(C)C1CCC2(CC1)CC(=O)NC2(C)C. The lowest BCUT2D eigenvalue weighted by molar-refractivity contribution is -0.120. The molecule has 0 atom stereocenters.